The Balaban J connectivity index is 2.42. The van der Waals surface area contributed by atoms with Crippen molar-refractivity contribution in [1.82, 2.24) is 9.97 Å². The van der Waals surface area contributed by atoms with Gasteiger partial charge >= 0.3 is 0 Å². The van der Waals surface area contributed by atoms with E-state index in [0.29, 0.717) is 24.4 Å². The predicted octanol–water partition coefficient (Wildman–Crippen LogP) is 1.55. The lowest BCUT2D eigenvalue weighted by Gasteiger charge is -2.05. The summed E-state index contributed by atoms with van der Waals surface area (Å²) in [4.78, 5) is 18.9. The van der Waals surface area contributed by atoms with E-state index in [1.165, 1.54) is 11.1 Å². The molecule has 0 saturated carbocycles. The molecule has 18 heavy (non-hydrogen) atoms. The number of aryl methyl sites for hydroxylation is 2. The van der Waals surface area contributed by atoms with E-state index in [1.54, 1.807) is 6.20 Å². The highest BCUT2D eigenvalue weighted by Gasteiger charge is 2.05. The average molecular weight is 243 g/mol. The van der Waals surface area contributed by atoms with E-state index in [2.05, 4.69) is 16.9 Å². The number of nitrogens with zero attached hydrogens (tertiary/aromatic N) is 1. The Morgan fingerprint density at radius 1 is 1.28 bits per heavy atom. The van der Waals surface area contributed by atoms with Crippen molar-refractivity contribution >= 4 is 0 Å². The van der Waals surface area contributed by atoms with Gasteiger partial charge in [0.15, 0.2) is 0 Å². The summed E-state index contributed by atoms with van der Waals surface area (Å²) in [7, 11) is 0. The molecule has 0 aliphatic heterocycles. The van der Waals surface area contributed by atoms with Gasteiger partial charge in [0, 0.05) is 17.3 Å². The van der Waals surface area contributed by atoms with E-state index in [9.17, 15) is 4.79 Å². The molecule has 0 amide bonds. The standard InChI is InChI=1S/C14H17N3O/c1-9-3-4-11(7-10(9)2)13-16-8-12(5-6-15)14(18)17-13/h3-4,7-8H,5-6,15H2,1-2H3,(H,16,17,18). The number of aromatic nitrogens is 2. The number of H-pyrrole nitrogens is 1. The second kappa shape index (κ2) is 5.14. The molecule has 0 bridgehead atoms. The Kier molecular flexibility index (Phi) is 3.58. The van der Waals surface area contributed by atoms with E-state index in [-0.39, 0.29) is 5.56 Å². The maximum atomic E-state index is 11.8. The summed E-state index contributed by atoms with van der Waals surface area (Å²) in [5, 5.41) is 0. The molecule has 0 spiro atoms. The van der Waals surface area contributed by atoms with Gasteiger partial charge in [0.05, 0.1) is 0 Å². The molecule has 3 N–H and O–H groups in total. The Morgan fingerprint density at radius 3 is 2.67 bits per heavy atom. The van der Waals surface area contributed by atoms with Crippen LogP contribution >= 0.6 is 0 Å². The van der Waals surface area contributed by atoms with E-state index in [1.807, 2.05) is 25.1 Å². The fraction of sp³-hybridized carbons (Fsp3) is 0.286. The van der Waals surface area contributed by atoms with Crippen LogP contribution in [0.15, 0.2) is 29.2 Å². The number of rotatable bonds is 3. The van der Waals surface area contributed by atoms with Gasteiger partial charge in [-0.3, -0.25) is 4.79 Å². The molecule has 0 atom stereocenters. The molecule has 2 aromatic rings. The summed E-state index contributed by atoms with van der Waals surface area (Å²) < 4.78 is 0. The Hall–Kier alpha value is -1.94. The first-order chi connectivity index (χ1) is 8.61. The molecule has 0 aliphatic carbocycles. The van der Waals surface area contributed by atoms with Crippen molar-refractivity contribution in [2.24, 2.45) is 5.73 Å². The topological polar surface area (TPSA) is 71.8 Å². The molecule has 4 heteroatoms. The third kappa shape index (κ3) is 2.49. The summed E-state index contributed by atoms with van der Waals surface area (Å²) in [5.41, 5.74) is 9.29. The molecule has 0 unspecified atom stereocenters. The number of benzene rings is 1. The van der Waals surface area contributed by atoms with Crippen LogP contribution < -0.4 is 11.3 Å². The fourth-order valence-corrected chi connectivity index (χ4v) is 1.79. The van der Waals surface area contributed by atoms with Crippen LogP contribution in [0.1, 0.15) is 16.7 Å². The van der Waals surface area contributed by atoms with Crippen LogP contribution in [0.2, 0.25) is 0 Å². The van der Waals surface area contributed by atoms with Gasteiger partial charge in [-0.15, -0.1) is 0 Å². The smallest absolute Gasteiger partial charge is 0.254 e. The summed E-state index contributed by atoms with van der Waals surface area (Å²) in [6.45, 7) is 4.55. The zero-order chi connectivity index (χ0) is 13.1. The van der Waals surface area contributed by atoms with E-state index >= 15 is 0 Å². The first-order valence-corrected chi connectivity index (χ1v) is 5.97. The van der Waals surface area contributed by atoms with E-state index in [4.69, 9.17) is 5.73 Å². The van der Waals surface area contributed by atoms with Crippen molar-refractivity contribution in [3.63, 3.8) is 0 Å². The van der Waals surface area contributed by atoms with Crippen LogP contribution in [0.25, 0.3) is 11.4 Å². The van der Waals surface area contributed by atoms with Crippen molar-refractivity contribution in [3.05, 3.63) is 51.4 Å². The van der Waals surface area contributed by atoms with Gasteiger partial charge in [0.25, 0.3) is 5.56 Å². The van der Waals surface area contributed by atoms with Gasteiger partial charge in [0.1, 0.15) is 5.82 Å². The van der Waals surface area contributed by atoms with Gasteiger partial charge in [-0.1, -0.05) is 12.1 Å². The molecule has 1 heterocycles. The molecule has 0 saturated heterocycles. The third-order valence-electron chi connectivity index (χ3n) is 3.07. The van der Waals surface area contributed by atoms with Gasteiger partial charge in [0.2, 0.25) is 0 Å². The molecule has 1 aromatic carbocycles. The van der Waals surface area contributed by atoms with Crippen LogP contribution in [0, 0.1) is 13.8 Å². The van der Waals surface area contributed by atoms with Crippen molar-refractivity contribution < 1.29 is 0 Å². The number of hydrogen-bond acceptors (Lipinski definition) is 3. The largest absolute Gasteiger partial charge is 0.330 e. The zero-order valence-electron chi connectivity index (χ0n) is 10.7. The molecular formula is C14H17N3O. The second-order valence-electron chi connectivity index (χ2n) is 4.42. The summed E-state index contributed by atoms with van der Waals surface area (Å²) in [6.07, 6.45) is 2.16. The highest BCUT2D eigenvalue weighted by atomic mass is 16.1. The van der Waals surface area contributed by atoms with Gasteiger partial charge in [-0.2, -0.15) is 0 Å². The normalized spacial score (nSPS) is 10.6. The monoisotopic (exact) mass is 243 g/mol. The molecule has 1 aromatic heterocycles. The SMILES string of the molecule is Cc1ccc(-c2ncc(CCN)c(=O)[nH]2)cc1C. The molecule has 0 fully saturated rings. The quantitative estimate of drug-likeness (QED) is 0.859. The van der Waals surface area contributed by atoms with Crippen molar-refractivity contribution in [2.75, 3.05) is 6.54 Å². The van der Waals surface area contributed by atoms with Gasteiger partial charge in [-0.05, 0) is 44.0 Å². The maximum absolute atomic E-state index is 11.8. The lowest BCUT2D eigenvalue weighted by molar-refractivity contribution is 0.924. The van der Waals surface area contributed by atoms with Gasteiger partial charge in [-0.25, -0.2) is 4.98 Å². The summed E-state index contributed by atoms with van der Waals surface area (Å²) in [5.74, 6) is 0.601. The minimum Gasteiger partial charge on any atom is -0.330 e. The number of hydrogen-bond donors (Lipinski definition) is 2. The van der Waals surface area contributed by atoms with Crippen LogP contribution in [0.3, 0.4) is 0 Å². The minimum atomic E-state index is -0.108. The molecule has 94 valence electrons. The minimum absolute atomic E-state index is 0.108. The van der Waals surface area contributed by atoms with Crippen LogP contribution in [-0.4, -0.2) is 16.5 Å². The second-order valence-corrected chi connectivity index (χ2v) is 4.42. The van der Waals surface area contributed by atoms with Crippen molar-refractivity contribution in [1.29, 1.82) is 0 Å². The number of nitrogens with two attached hydrogens (primary N) is 1. The summed E-state index contributed by atoms with van der Waals surface area (Å²) in [6, 6.07) is 6.01. The van der Waals surface area contributed by atoms with E-state index in [0.717, 1.165) is 5.56 Å². The zero-order valence-corrected chi connectivity index (χ0v) is 10.7. The molecular weight excluding hydrogens is 226 g/mol. The first kappa shape index (κ1) is 12.5. The molecule has 4 nitrogen and oxygen atoms in total. The summed E-state index contributed by atoms with van der Waals surface area (Å²) >= 11 is 0. The number of nitrogens with one attached hydrogen (secondary N) is 1. The fourth-order valence-electron chi connectivity index (χ4n) is 1.79. The lowest BCUT2D eigenvalue weighted by atomic mass is 10.1. The van der Waals surface area contributed by atoms with Crippen LogP contribution in [-0.2, 0) is 6.42 Å². The van der Waals surface area contributed by atoms with Crippen molar-refractivity contribution in [3.8, 4) is 11.4 Å². The third-order valence-corrected chi connectivity index (χ3v) is 3.07. The highest BCUT2D eigenvalue weighted by molar-refractivity contribution is 5.56. The highest BCUT2D eigenvalue weighted by Crippen LogP contribution is 2.17. The van der Waals surface area contributed by atoms with Gasteiger partial charge < -0.3 is 10.7 Å². The van der Waals surface area contributed by atoms with Crippen LogP contribution in [0.4, 0.5) is 0 Å². The molecule has 2 rings (SSSR count). The van der Waals surface area contributed by atoms with Crippen LogP contribution in [0.5, 0.6) is 0 Å². The Morgan fingerprint density at radius 2 is 2.06 bits per heavy atom. The lowest BCUT2D eigenvalue weighted by Crippen LogP contribution is -2.17. The Bertz CT molecular complexity index is 617. The molecule has 0 aliphatic rings. The Labute approximate surface area is 106 Å². The van der Waals surface area contributed by atoms with Crippen molar-refractivity contribution in [2.45, 2.75) is 20.3 Å². The van der Waals surface area contributed by atoms with E-state index < -0.39 is 0 Å². The maximum Gasteiger partial charge on any atom is 0.254 e. The number of aromatic amines is 1. The average Bonchev–Trinajstić information content (AvgIpc) is 2.35. The predicted molar refractivity (Wildman–Crippen MR) is 72.5 cm³/mol. The molecule has 0 radical (unpaired) electrons. The first-order valence-electron chi connectivity index (χ1n) is 5.97.